The van der Waals surface area contributed by atoms with E-state index in [1.165, 1.54) is 13.2 Å². The lowest BCUT2D eigenvalue weighted by Gasteiger charge is -2.51. The number of nitrogens with one attached hydrogen (secondary N) is 3. The Morgan fingerprint density at radius 1 is 0.938 bits per heavy atom. The molecule has 65 heavy (non-hydrogen) atoms. The molecule has 0 unspecified atom stereocenters. The van der Waals surface area contributed by atoms with E-state index in [1.807, 2.05) is 0 Å². The Morgan fingerprint density at radius 2 is 1.62 bits per heavy atom. The summed E-state index contributed by atoms with van der Waals surface area (Å²) in [7, 11) is 1.46. The molecule has 0 spiro atoms. The molecular weight excluding hydrogens is 876 g/mol. The Balaban J connectivity index is 1.37. The summed E-state index contributed by atoms with van der Waals surface area (Å²) in [5.74, 6) is -7.00. The molecule has 1 aromatic carbocycles. The minimum Gasteiger partial charge on any atom is -0.497 e. The third kappa shape index (κ3) is 11.9. The molecule has 4 heterocycles. The van der Waals surface area contributed by atoms with E-state index in [1.54, 1.807) is 18.2 Å². The van der Waals surface area contributed by atoms with Crippen molar-refractivity contribution in [2.75, 3.05) is 40.0 Å². The fourth-order valence-electron chi connectivity index (χ4n) is 7.50. The van der Waals surface area contributed by atoms with Crippen LogP contribution in [0.3, 0.4) is 0 Å². The minimum atomic E-state index is -3.14. The van der Waals surface area contributed by atoms with Crippen molar-refractivity contribution in [2.45, 2.75) is 118 Å². The molecule has 16 atom stereocenters. The van der Waals surface area contributed by atoms with Crippen LogP contribution in [0.2, 0.25) is 0 Å². The molecule has 3 amide bonds. The van der Waals surface area contributed by atoms with Gasteiger partial charge in [0.25, 0.3) is 11.7 Å². The van der Waals surface area contributed by atoms with Gasteiger partial charge in [-0.3, -0.25) is 14.4 Å². The lowest BCUT2D eigenvalue weighted by Crippen LogP contribution is -2.71. The molecule has 0 bridgehead atoms. The molecule has 360 valence electrons. The van der Waals surface area contributed by atoms with Crippen LogP contribution in [0.4, 0.5) is 0 Å². The molecule has 12 N–H and O–H groups in total. The summed E-state index contributed by atoms with van der Waals surface area (Å²) in [5.41, 5.74) is 8.78. The van der Waals surface area contributed by atoms with Crippen LogP contribution in [0.1, 0.15) is 30.8 Å². The second-order valence-electron chi connectivity index (χ2n) is 15.2. The number of aliphatic hydroxyl groups excluding tert-OH is 8. The van der Waals surface area contributed by atoms with Gasteiger partial charge in [0.1, 0.15) is 66.7 Å². The normalized spacial score (nSPS) is 33.5. The zero-order valence-corrected chi connectivity index (χ0v) is 35.0. The van der Waals surface area contributed by atoms with E-state index in [2.05, 4.69) is 36.2 Å². The van der Waals surface area contributed by atoms with Crippen LogP contribution >= 0.6 is 0 Å². The zero-order valence-electron chi connectivity index (χ0n) is 35.0. The first kappa shape index (κ1) is 51.0. The van der Waals surface area contributed by atoms with Gasteiger partial charge in [-0.05, 0) is 23.7 Å². The molecular formula is C37H52N8O20. The Hall–Kier alpha value is -5.01. The number of rotatable bonds is 19. The molecule has 0 saturated carbocycles. The second kappa shape index (κ2) is 22.5. The van der Waals surface area contributed by atoms with Crippen molar-refractivity contribution in [3.05, 3.63) is 40.4 Å². The summed E-state index contributed by atoms with van der Waals surface area (Å²) in [6.45, 7) is -0.940. The van der Waals surface area contributed by atoms with E-state index >= 15 is 0 Å². The van der Waals surface area contributed by atoms with Crippen molar-refractivity contribution in [3.63, 3.8) is 0 Å². The van der Waals surface area contributed by atoms with Crippen molar-refractivity contribution in [1.29, 1.82) is 0 Å². The lowest BCUT2D eigenvalue weighted by molar-refractivity contribution is -0.382. The molecule has 2 aromatic rings. The number of hydrogen-bond donors (Lipinski definition) is 12. The van der Waals surface area contributed by atoms with Crippen LogP contribution in [-0.2, 0) is 42.8 Å². The summed E-state index contributed by atoms with van der Waals surface area (Å²) < 4.78 is 39.4. The highest BCUT2D eigenvalue weighted by atomic mass is 16.8. The first-order chi connectivity index (χ1) is 30.9. The molecule has 28 heteroatoms. The average Bonchev–Trinajstić information content (AvgIpc) is 3.27. The maximum absolute atomic E-state index is 13.1. The number of aliphatic hydroxyl groups is 8. The maximum atomic E-state index is 13.1. The van der Waals surface area contributed by atoms with Gasteiger partial charge < -0.3 is 95.1 Å². The Kier molecular flexibility index (Phi) is 17.6. The summed E-state index contributed by atoms with van der Waals surface area (Å²) in [6, 6.07) is 3.15. The standard InChI is InChI=1S/C37H52N8O20/c1-14(48)41-24-20(50)10-37(36(57)58,64-31(24)26(52)21(51)11-39-33(56)19-8-16-4-5-17(59-3)9-18(16)43-44-19)65-32-27(53)22(12-46)61-35(29(32)55)63-30-23(13-47)62-34(60-7-6-40-45-38)25(28(30)54)42-15(2)49/h4-5,8-9,20-32,34-35,46-47,50-55H,6-7,10-13H2,1-3H3,(H,39,56)(H,41,48)(H,42,49)(H,57,58)/t20-,21+,22+,23+,24+,25+,26+,27-,28+,29+,30+,31+,32-,34+,35-,37-/m0/s1. The first-order valence-electron chi connectivity index (χ1n) is 20.0. The maximum Gasteiger partial charge on any atom is 0.364 e. The zero-order chi connectivity index (χ0) is 47.7. The van der Waals surface area contributed by atoms with Gasteiger partial charge in [-0.15, -0.1) is 10.2 Å². The number of fused-ring (bicyclic) bond motifs is 1. The van der Waals surface area contributed by atoms with E-state index in [0.717, 1.165) is 13.8 Å². The largest absolute Gasteiger partial charge is 0.497 e. The summed E-state index contributed by atoms with van der Waals surface area (Å²) in [4.78, 5) is 53.1. The number of nitrogens with zero attached hydrogens (tertiary/aromatic N) is 5. The number of carbonyl (C=O) groups excluding carboxylic acids is 3. The predicted molar refractivity (Wildman–Crippen MR) is 211 cm³/mol. The van der Waals surface area contributed by atoms with Gasteiger partial charge >= 0.3 is 5.97 Å². The van der Waals surface area contributed by atoms with Crippen LogP contribution in [0.25, 0.3) is 21.3 Å². The number of carboxylic acid groups (broad SMARTS) is 1. The Labute approximate surface area is 367 Å². The fraction of sp³-hybridized carbons (Fsp3) is 0.676. The van der Waals surface area contributed by atoms with E-state index in [4.69, 9.17) is 38.7 Å². The van der Waals surface area contributed by atoms with Crippen LogP contribution in [0.5, 0.6) is 5.75 Å². The number of benzene rings is 1. The van der Waals surface area contributed by atoms with Crippen molar-refractivity contribution in [2.24, 2.45) is 5.11 Å². The summed E-state index contributed by atoms with van der Waals surface area (Å²) in [5, 5.41) is 118. The van der Waals surface area contributed by atoms with E-state index < -0.39 is 147 Å². The van der Waals surface area contributed by atoms with Crippen molar-refractivity contribution in [1.82, 2.24) is 26.1 Å². The molecule has 28 nitrogen and oxygen atoms in total. The van der Waals surface area contributed by atoms with Crippen LogP contribution < -0.4 is 20.7 Å². The number of methoxy groups -OCH3 is 1. The Morgan fingerprint density at radius 3 is 2.25 bits per heavy atom. The molecule has 0 aliphatic carbocycles. The highest BCUT2D eigenvalue weighted by Gasteiger charge is 2.60. The van der Waals surface area contributed by atoms with Crippen molar-refractivity contribution >= 4 is 34.6 Å². The smallest absolute Gasteiger partial charge is 0.364 e. The molecule has 5 rings (SSSR count). The van der Waals surface area contributed by atoms with E-state index in [9.17, 15) is 65.1 Å². The van der Waals surface area contributed by atoms with E-state index in [0.29, 0.717) is 16.7 Å². The van der Waals surface area contributed by atoms with Crippen LogP contribution in [0.15, 0.2) is 29.4 Å². The second-order valence-corrected chi connectivity index (χ2v) is 15.2. The summed E-state index contributed by atoms with van der Waals surface area (Å²) >= 11 is 0. The van der Waals surface area contributed by atoms with Gasteiger partial charge in [0.15, 0.2) is 18.3 Å². The van der Waals surface area contributed by atoms with Gasteiger partial charge in [-0.2, -0.15) is 0 Å². The predicted octanol–water partition coefficient (Wildman–Crippen LogP) is -5.36. The number of aromatic nitrogens is 2. The van der Waals surface area contributed by atoms with E-state index in [-0.39, 0.29) is 18.8 Å². The molecule has 3 saturated heterocycles. The number of aliphatic carboxylic acids is 1. The quantitative estimate of drug-likeness (QED) is 0.0271. The topological polar surface area (TPSA) is 426 Å². The number of azide groups is 1. The molecule has 0 radical (unpaired) electrons. The van der Waals surface area contributed by atoms with Crippen LogP contribution in [0, 0.1) is 0 Å². The molecule has 1 aromatic heterocycles. The van der Waals surface area contributed by atoms with Crippen molar-refractivity contribution in [3.8, 4) is 5.75 Å². The van der Waals surface area contributed by atoms with Gasteiger partial charge in [0.2, 0.25) is 11.8 Å². The third-order valence-electron chi connectivity index (χ3n) is 10.7. The minimum absolute atomic E-state index is 0.178. The SMILES string of the molecule is COc1ccc2cc(C(=O)NC[C@@H](O)[C@@H](O)[C@@H]3O[C@@](O[C@H]4[C@@H](O)[C@@H](CO)O[C@@H](O[C@H]5[C@H](O)[C@@H](NC(C)=O)[C@H](OCCN=[N+]=[N-])O[C@@H]5CO)[C@@H]4O)(C(=O)O)C[C@H](O)[C@H]3NC(C)=O)nnc2c1. The third-order valence-corrected chi connectivity index (χ3v) is 10.7. The van der Waals surface area contributed by atoms with Crippen LogP contribution in [-0.4, -0.2) is 217 Å². The first-order valence-corrected chi connectivity index (χ1v) is 20.0. The Bertz CT molecular complexity index is 2030. The molecule has 3 fully saturated rings. The number of hydrogen-bond acceptors (Lipinski definition) is 22. The summed E-state index contributed by atoms with van der Waals surface area (Å²) in [6.07, 6.45) is -26.2. The van der Waals surface area contributed by atoms with Gasteiger partial charge in [0, 0.05) is 49.7 Å². The lowest BCUT2D eigenvalue weighted by atomic mass is 9.88. The number of amides is 3. The highest BCUT2D eigenvalue weighted by molar-refractivity contribution is 5.95. The van der Waals surface area contributed by atoms with Gasteiger partial charge in [-0.1, -0.05) is 5.11 Å². The monoisotopic (exact) mass is 928 g/mol. The molecule has 3 aliphatic heterocycles. The van der Waals surface area contributed by atoms with Gasteiger partial charge in [-0.25, -0.2) is 4.79 Å². The highest BCUT2D eigenvalue weighted by Crippen LogP contribution is 2.38. The average molecular weight is 929 g/mol. The number of carbonyl (C=O) groups is 4. The fourth-order valence-corrected chi connectivity index (χ4v) is 7.50. The number of ether oxygens (including phenoxy) is 7. The van der Waals surface area contributed by atoms with Gasteiger partial charge in [0.05, 0.1) is 50.7 Å². The number of carboxylic acids is 1. The van der Waals surface area contributed by atoms with Crippen molar-refractivity contribution < 1.29 is 98.3 Å². The molecule has 3 aliphatic rings.